The Bertz CT molecular complexity index is 2440. The van der Waals surface area contributed by atoms with E-state index in [1.54, 1.807) is 0 Å². The van der Waals surface area contributed by atoms with Crippen LogP contribution in [0.2, 0.25) is 0 Å². The topological polar surface area (TPSA) is 26.0 Å². The van der Waals surface area contributed by atoms with Gasteiger partial charge >= 0.3 is 0 Å². The molecule has 212 valence electrons. The maximum absolute atomic E-state index is 4.48. The van der Waals surface area contributed by atoms with Crippen molar-refractivity contribution >= 4 is 60.7 Å². The van der Waals surface area contributed by atoms with Crippen LogP contribution in [-0.2, 0) is 0 Å². The molecule has 4 heteroatoms. The summed E-state index contributed by atoms with van der Waals surface area (Å²) in [6.45, 7) is 0. The Morgan fingerprint density at radius 2 is 0.933 bits per heavy atom. The Morgan fingerprint density at radius 3 is 1.67 bits per heavy atom. The Kier molecular flexibility index (Phi) is 5.78. The van der Waals surface area contributed by atoms with Gasteiger partial charge in [0.1, 0.15) is 0 Å². The highest BCUT2D eigenvalue weighted by Gasteiger charge is 2.19. The van der Waals surface area contributed by atoms with E-state index in [-0.39, 0.29) is 0 Å². The summed E-state index contributed by atoms with van der Waals surface area (Å²) in [5.41, 5.74) is 10.3. The Morgan fingerprint density at radius 1 is 0.378 bits per heavy atom. The number of para-hydroxylation sites is 4. The van der Waals surface area contributed by atoms with Gasteiger partial charge < -0.3 is 14.0 Å². The van der Waals surface area contributed by atoms with E-state index in [1.807, 2.05) is 12.4 Å². The van der Waals surface area contributed by atoms with Gasteiger partial charge in [0.15, 0.2) is 0 Å². The van der Waals surface area contributed by atoms with Gasteiger partial charge in [0, 0.05) is 56.2 Å². The van der Waals surface area contributed by atoms with Crippen molar-refractivity contribution in [3.8, 4) is 11.4 Å². The van der Waals surface area contributed by atoms with Gasteiger partial charge in [0.25, 0.3) is 0 Å². The average Bonchev–Trinajstić information content (AvgIpc) is 3.62. The van der Waals surface area contributed by atoms with Crippen LogP contribution in [0.15, 0.2) is 170 Å². The van der Waals surface area contributed by atoms with Crippen molar-refractivity contribution in [3.63, 3.8) is 0 Å². The van der Waals surface area contributed by atoms with Crippen LogP contribution in [-0.4, -0.2) is 14.1 Å². The van der Waals surface area contributed by atoms with Crippen LogP contribution in [0.5, 0.6) is 0 Å². The van der Waals surface area contributed by atoms with Gasteiger partial charge in [-0.05, 0) is 84.9 Å². The van der Waals surface area contributed by atoms with Crippen LogP contribution in [0.1, 0.15) is 0 Å². The normalized spacial score (nSPS) is 11.6. The molecule has 4 nitrogen and oxygen atoms in total. The quantitative estimate of drug-likeness (QED) is 0.204. The van der Waals surface area contributed by atoms with Crippen LogP contribution >= 0.6 is 0 Å². The summed E-state index contributed by atoms with van der Waals surface area (Å²) >= 11 is 0. The lowest BCUT2D eigenvalue weighted by molar-refractivity contribution is 1.16. The summed E-state index contributed by atoms with van der Waals surface area (Å²) in [6, 6.07) is 56.2. The zero-order valence-electron chi connectivity index (χ0n) is 24.5. The molecule has 0 fully saturated rings. The number of aromatic nitrogens is 3. The maximum atomic E-state index is 4.48. The maximum Gasteiger partial charge on any atom is 0.0724 e. The molecule has 0 radical (unpaired) electrons. The summed E-state index contributed by atoms with van der Waals surface area (Å²) in [5, 5.41) is 4.84. The van der Waals surface area contributed by atoms with E-state index in [0.717, 1.165) is 39.5 Å². The van der Waals surface area contributed by atoms with Crippen molar-refractivity contribution in [2.75, 3.05) is 4.90 Å². The Balaban J connectivity index is 1.28. The lowest BCUT2D eigenvalue weighted by Crippen LogP contribution is -2.09. The minimum absolute atomic E-state index is 1.10. The fourth-order valence-electron chi connectivity index (χ4n) is 6.83. The molecule has 0 saturated heterocycles. The number of anilines is 3. The Labute approximate surface area is 260 Å². The molecular weight excluding hydrogens is 548 g/mol. The third-order valence-electron chi connectivity index (χ3n) is 8.77. The summed E-state index contributed by atoms with van der Waals surface area (Å²) in [5.74, 6) is 0. The van der Waals surface area contributed by atoms with Gasteiger partial charge in [0.2, 0.25) is 0 Å². The second-order valence-electron chi connectivity index (χ2n) is 11.3. The van der Waals surface area contributed by atoms with Crippen molar-refractivity contribution in [1.29, 1.82) is 0 Å². The van der Waals surface area contributed by atoms with Crippen molar-refractivity contribution in [2.45, 2.75) is 0 Å². The lowest BCUT2D eigenvalue weighted by Gasteiger charge is -2.25. The van der Waals surface area contributed by atoms with Crippen LogP contribution in [0, 0.1) is 0 Å². The standard InChI is InChI=1S/C41H28N4/c1-4-12-29(13-5-1)43(30-14-6-2-7-15-30)32-20-22-40-36(26-32)34-18-10-11-19-38(34)45(40)33-21-23-39-37(27-33)35-24-25-42-28-41(35)44(39)31-16-8-3-9-17-31/h1-28H. The highest BCUT2D eigenvalue weighted by atomic mass is 15.1. The molecule has 6 aromatic carbocycles. The highest BCUT2D eigenvalue weighted by molar-refractivity contribution is 6.12. The van der Waals surface area contributed by atoms with Gasteiger partial charge in [0.05, 0.1) is 28.3 Å². The van der Waals surface area contributed by atoms with Gasteiger partial charge in [-0.3, -0.25) is 4.98 Å². The van der Waals surface area contributed by atoms with Crippen molar-refractivity contribution in [2.24, 2.45) is 0 Å². The zero-order chi connectivity index (χ0) is 29.7. The monoisotopic (exact) mass is 576 g/mol. The molecule has 0 spiro atoms. The molecule has 9 aromatic rings. The second-order valence-corrected chi connectivity index (χ2v) is 11.3. The molecule has 0 unspecified atom stereocenters. The lowest BCUT2D eigenvalue weighted by atomic mass is 10.1. The first-order valence-electron chi connectivity index (χ1n) is 15.2. The Hall–Kier alpha value is -6.13. The van der Waals surface area contributed by atoms with Crippen LogP contribution in [0.3, 0.4) is 0 Å². The van der Waals surface area contributed by atoms with E-state index in [4.69, 9.17) is 0 Å². The minimum Gasteiger partial charge on any atom is -0.310 e. The van der Waals surface area contributed by atoms with Gasteiger partial charge in [-0.25, -0.2) is 0 Å². The van der Waals surface area contributed by atoms with Gasteiger partial charge in [-0.1, -0.05) is 72.8 Å². The number of hydrogen-bond acceptors (Lipinski definition) is 2. The molecule has 45 heavy (non-hydrogen) atoms. The van der Waals surface area contributed by atoms with E-state index >= 15 is 0 Å². The SMILES string of the molecule is c1ccc(N(c2ccccc2)c2ccc3c(c2)c2ccccc2n3-c2ccc3c(c2)c2ccncc2n3-c2ccccc2)cc1. The van der Waals surface area contributed by atoms with Crippen LogP contribution in [0.25, 0.3) is 55.0 Å². The highest BCUT2D eigenvalue weighted by Crippen LogP contribution is 2.40. The molecule has 0 amide bonds. The molecule has 3 aromatic heterocycles. The molecule has 0 aliphatic carbocycles. The predicted octanol–water partition coefficient (Wildman–Crippen LogP) is 10.7. The van der Waals surface area contributed by atoms with Crippen molar-refractivity contribution < 1.29 is 0 Å². The largest absolute Gasteiger partial charge is 0.310 e. The van der Waals surface area contributed by atoms with E-state index in [9.17, 15) is 0 Å². The van der Waals surface area contributed by atoms with E-state index in [0.29, 0.717) is 0 Å². The number of fused-ring (bicyclic) bond motifs is 6. The number of pyridine rings is 1. The summed E-state index contributed by atoms with van der Waals surface area (Å²) in [6.07, 6.45) is 3.85. The molecule has 0 saturated carbocycles. The zero-order valence-corrected chi connectivity index (χ0v) is 24.5. The van der Waals surface area contributed by atoms with E-state index in [2.05, 4.69) is 177 Å². The fourth-order valence-corrected chi connectivity index (χ4v) is 6.83. The minimum atomic E-state index is 1.10. The molecule has 9 rings (SSSR count). The smallest absolute Gasteiger partial charge is 0.0724 e. The van der Waals surface area contributed by atoms with Crippen LogP contribution < -0.4 is 4.90 Å². The first-order chi connectivity index (χ1) is 22.3. The molecule has 0 aliphatic rings. The molecule has 0 atom stereocenters. The first kappa shape index (κ1) is 25.4. The predicted molar refractivity (Wildman–Crippen MR) is 188 cm³/mol. The third-order valence-corrected chi connectivity index (χ3v) is 8.77. The number of benzene rings is 6. The second kappa shape index (κ2) is 10.2. The number of hydrogen-bond donors (Lipinski definition) is 0. The first-order valence-corrected chi connectivity index (χ1v) is 15.2. The number of rotatable bonds is 5. The molecule has 0 aliphatic heterocycles. The van der Waals surface area contributed by atoms with Crippen molar-refractivity contribution in [3.05, 3.63) is 170 Å². The van der Waals surface area contributed by atoms with Gasteiger partial charge in [-0.15, -0.1) is 0 Å². The molecule has 0 bridgehead atoms. The van der Waals surface area contributed by atoms with E-state index in [1.165, 1.54) is 32.6 Å². The van der Waals surface area contributed by atoms with Crippen molar-refractivity contribution in [1.82, 2.24) is 14.1 Å². The third kappa shape index (κ3) is 4.04. The van der Waals surface area contributed by atoms with Crippen LogP contribution in [0.4, 0.5) is 17.1 Å². The summed E-state index contributed by atoms with van der Waals surface area (Å²) < 4.78 is 4.71. The summed E-state index contributed by atoms with van der Waals surface area (Å²) in [7, 11) is 0. The molecule has 3 heterocycles. The molecular formula is C41H28N4. The molecule has 0 N–H and O–H groups in total. The van der Waals surface area contributed by atoms with E-state index < -0.39 is 0 Å². The average molecular weight is 577 g/mol. The van der Waals surface area contributed by atoms with Gasteiger partial charge in [-0.2, -0.15) is 0 Å². The summed E-state index contributed by atoms with van der Waals surface area (Å²) in [4.78, 5) is 6.81. The fraction of sp³-hybridized carbons (Fsp3) is 0. The number of nitrogens with zero attached hydrogens (tertiary/aromatic N) is 4.